The van der Waals surface area contributed by atoms with Gasteiger partial charge in [0.25, 0.3) is 0 Å². The van der Waals surface area contributed by atoms with E-state index in [1.54, 1.807) is 0 Å². The molecule has 1 atom stereocenters. The lowest BCUT2D eigenvalue weighted by Crippen LogP contribution is -1.97. The van der Waals surface area contributed by atoms with E-state index >= 15 is 0 Å². The van der Waals surface area contributed by atoms with Crippen LogP contribution in [-0.4, -0.2) is 11.2 Å². The first-order chi connectivity index (χ1) is 5.07. The molecule has 0 aromatic rings. The van der Waals surface area contributed by atoms with Crippen molar-refractivity contribution in [3.63, 3.8) is 0 Å². The number of allylic oxidation sites excluding steroid dienone is 3. The maximum absolute atomic E-state index is 9.18. The standard InChI is InChI=1S/C10H18O/c1-5-10(11)7-6-9(4)8(2)3/h6-7,10-11H,5H2,1-4H3. The Morgan fingerprint density at radius 1 is 1.36 bits per heavy atom. The van der Waals surface area contributed by atoms with Gasteiger partial charge < -0.3 is 5.11 Å². The molecule has 0 aliphatic carbocycles. The van der Waals surface area contributed by atoms with Crippen molar-refractivity contribution in [2.75, 3.05) is 0 Å². The zero-order chi connectivity index (χ0) is 8.85. The van der Waals surface area contributed by atoms with Gasteiger partial charge in [-0.15, -0.1) is 0 Å². The van der Waals surface area contributed by atoms with Crippen molar-refractivity contribution in [1.82, 2.24) is 0 Å². The largest absolute Gasteiger partial charge is 0.389 e. The second kappa shape index (κ2) is 5.14. The first-order valence-electron chi connectivity index (χ1n) is 4.08. The zero-order valence-corrected chi connectivity index (χ0v) is 7.89. The van der Waals surface area contributed by atoms with Crippen LogP contribution < -0.4 is 0 Å². The van der Waals surface area contributed by atoms with Crippen LogP contribution in [0.5, 0.6) is 0 Å². The van der Waals surface area contributed by atoms with Gasteiger partial charge in [0.05, 0.1) is 6.10 Å². The van der Waals surface area contributed by atoms with Crippen LogP contribution in [-0.2, 0) is 0 Å². The van der Waals surface area contributed by atoms with Crippen molar-refractivity contribution in [3.05, 3.63) is 23.3 Å². The Bertz CT molecular complexity index is 162. The van der Waals surface area contributed by atoms with Crippen LogP contribution in [0.4, 0.5) is 0 Å². The number of aliphatic hydroxyl groups is 1. The Balaban J connectivity index is 4.03. The van der Waals surface area contributed by atoms with Crippen LogP contribution >= 0.6 is 0 Å². The molecule has 0 heterocycles. The van der Waals surface area contributed by atoms with E-state index in [1.807, 2.05) is 26.0 Å². The van der Waals surface area contributed by atoms with Gasteiger partial charge >= 0.3 is 0 Å². The Labute approximate surface area is 69.4 Å². The third-order valence-corrected chi connectivity index (χ3v) is 1.78. The van der Waals surface area contributed by atoms with Crippen molar-refractivity contribution in [2.24, 2.45) is 0 Å². The molecule has 0 spiro atoms. The molecule has 0 fully saturated rings. The smallest absolute Gasteiger partial charge is 0.0721 e. The van der Waals surface area contributed by atoms with Crippen molar-refractivity contribution in [2.45, 2.75) is 40.2 Å². The van der Waals surface area contributed by atoms with E-state index in [2.05, 4.69) is 13.8 Å². The molecular formula is C10H18O. The molecule has 0 amide bonds. The molecule has 0 radical (unpaired) electrons. The van der Waals surface area contributed by atoms with Crippen LogP contribution in [0, 0.1) is 0 Å². The fraction of sp³-hybridized carbons (Fsp3) is 0.600. The Morgan fingerprint density at radius 2 is 1.91 bits per heavy atom. The van der Waals surface area contributed by atoms with Crippen LogP contribution in [0.2, 0.25) is 0 Å². The molecule has 1 unspecified atom stereocenters. The predicted molar refractivity (Wildman–Crippen MR) is 49.5 cm³/mol. The number of rotatable bonds is 3. The van der Waals surface area contributed by atoms with Gasteiger partial charge in [0.2, 0.25) is 0 Å². The summed E-state index contributed by atoms with van der Waals surface area (Å²) in [5, 5.41) is 9.18. The second-order valence-electron chi connectivity index (χ2n) is 3.02. The van der Waals surface area contributed by atoms with E-state index in [9.17, 15) is 5.11 Å². The maximum atomic E-state index is 9.18. The second-order valence-corrected chi connectivity index (χ2v) is 3.02. The van der Waals surface area contributed by atoms with Crippen molar-refractivity contribution < 1.29 is 5.11 Å². The Morgan fingerprint density at radius 3 is 2.27 bits per heavy atom. The molecule has 0 rings (SSSR count). The molecule has 1 nitrogen and oxygen atoms in total. The molecule has 1 heteroatoms. The average Bonchev–Trinajstić information content (AvgIpc) is 1.99. The van der Waals surface area contributed by atoms with Crippen LogP contribution in [0.15, 0.2) is 23.3 Å². The summed E-state index contributed by atoms with van der Waals surface area (Å²) in [6, 6.07) is 0. The Hall–Kier alpha value is -0.560. The van der Waals surface area contributed by atoms with Crippen molar-refractivity contribution in [3.8, 4) is 0 Å². The lowest BCUT2D eigenvalue weighted by Gasteiger charge is -2.00. The molecule has 0 saturated carbocycles. The number of aliphatic hydroxyl groups excluding tert-OH is 1. The molecule has 0 bridgehead atoms. The van der Waals surface area contributed by atoms with Gasteiger partial charge in [0.15, 0.2) is 0 Å². The van der Waals surface area contributed by atoms with Gasteiger partial charge in [-0.2, -0.15) is 0 Å². The highest BCUT2D eigenvalue weighted by molar-refractivity contribution is 5.21. The van der Waals surface area contributed by atoms with Gasteiger partial charge in [-0.1, -0.05) is 30.2 Å². The van der Waals surface area contributed by atoms with E-state index in [0.717, 1.165) is 6.42 Å². The summed E-state index contributed by atoms with van der Waals surface area (Å²) < 4.78 is 0. The fourth-order valence-electron chi connectivity index (χ4n) is 0.558. The number of hydrogen-bond donors (Lipinski definition) is 1. The molecule has 11 heavy (non-hydrogen) atoms. The quantitative estimate of drug-likeness (QED) is 0.620. The van der Waals surface area contributed by atoms with E-state index in [4.69, 9.17) is 0 Å². The summed E-state index contributed by atoms with van der Waals surface area (Å²) in [5.74, 6) is 0. The van der Waals surface area contributed by atoms with Crippen LogP contribution in [0.25, 0.3) is 0 Å². The third-order valence-electron chi connectivity index (χ3n) is 1.78. The Kier molecular flexibility index (Phi) is 4.88. The fourth-order valence-corrected chi connectivity index (χ4v) is 0.558. The normalized spacial score (nSPS) is 13.5. The molecule has 0 aromatic carbocycles. The first-order valence-corrected chi connectivity index (χ1v) is 4.08. The average molecular weight is 154 g/mol. The van der Waals surface area contributed by atoms with Crippen molar-refractivity contribution >= 4 is 0 Å². The summed E-state index contributed by atoms with van der Waals surface area (Å²) in [6.07, 6.45) is 4.31. The molecule has 0 aliphatic rings. The van der Waals surface area contributed by atoms with Gasteiger partial charge in [-0.25, -0.2) is 0 Å². The van der Waals surface area contributed by atoms with Gasteiger partial charge in [0.1, 0.15) is 0 Å². The monoisotopic (exact) mass is 154 g/mol. The summed E-state index contributed by atoms with van der Waals surface area (Å²) in [6.45, 7) is 8.15. The molecule has 0 aliphatic heterocycles. The lowest BCUT2D eigenvalue weighted by molar-refractivity contribution is 0.219. The van der Waals surface area contributed by atoms with Crippen LogP contribution in [0.1, 0.15) is 34.1 Å². The third kappa shape index (κ3) is 4.79. The highest BCUT2D eigenvalue weighted by Crippen LogP contribution is 2.04. The zero-order valence-electron chi connectivity index (χ0n) is 7.89. The predicted octanol–water partition coefficient (Wildman–Crippen LogP) is 2.67. The van der Waals surface area contributed by atoms with Crippen LogP contribution in [0.3, 0.4) is 0 Å². The summed E-state index contributed by atoms with van der Waals surface area (Å²) in [4.78, 5) is 0. The van der Waals surface area contributed by atoms with Gasteiger partial charge in [0, 0.05) is 0 Å². The summed E-state index contributed by atoms with van der Waals surface area (Å²) in [7, 11) is 0. The van der Waals surface area contributed by atoms with Gasteiger partial charge in [-0.3, -0.25) is 0 Å². The molecule has 0 aromatic heterocycles. The lowest BCUT2D eigenvalue weighted by atomic mass is 10.1. The number of hydrogen-bond acceptors (Lipinski definition) is 1. The molecule has 0 saturated heterocycles. The molecule has 1 N–H and O–H groups in total. The minimum atomic E-state index is -0.288. The molecular weight excluding hydrogens is 136 g/mol. The van der Waals surface area contributed by atoms with E-state index in [-0.39, 0.29) is 6.10 Å². The van der Waals surface area contributed by atoms with Gasteiger partial charge in [-0.05, 0) is 27.2 Å². The van der Waals surface area contributed by atoms with Crippen molar-refractivity contribution in [1.29, 1.82) is 0 Å². The highest BCUT2D eigenvalue weighted by Gasteiger charge is 1.92. The summed E-state index contributed by atoms with van der Waals surface area (Å²) >= 11 is 0. The first kappa shape index (κ1) is 10.4. The minimum Gasteiger partial charge on any atom is -0.389 e. The van der Waals surface area contributed by atoms with E-state index < -0.39 is 0 Å². The van der Waals surface area contributed by atoms with E-state index in [1.165, 1.54) is 11.1 Å². The topological polar surface area (TPSA) is 20.2 Å². The SMILES string of the molecule is CCC(O)C=CC(C)=C(C)C. The highest BCUT2D eigenvalue weighted by atomic mass is 16.3. The minimum absolute atomic E-state index is 0.288. The molecule has 64 valence electrons. The summed E-state index contributed by atoms with van der Waals surface area (Å²) in [5.41, 5.74) is 2.53. The maximum Gasteiger partial charge on any atom is 0.0721 e. The van der Waals surface area contributed by atoms with E-state index in [0.29, 0.717) is 0 Å².